The van der Waals surface area contributed by atoms with Gasteiger partial charge in [0.2, 0.25) is 19.3 Å². The molecule has 6 rings (SSSR count). The fourth-order valence-corrected chi connectivity index (χ4v) is 4.50. The van der Waals surface area contributed by atoms with Gasteiger partial charge in [0, 0.05) is 12.1 Å². The Kier molecular flexibility index (Phi) is 2.97. The van der Waals surface area contributed by atoms with E-state index in [1.807, 2.05) is 31.3 Å². The normalized spacial score (nSPS) is 24.6. The highest BCUT2D eigenvalue weighted by atomic mass is 16.7. The number of esters is 1. The molecule has 0 fully saturated rings. The summed E-state index contributed by atoms with van der Waals surface area (Å²) in [6, 6.07) is 7.67. The molecular weight excluding hydrogens is 350 g/mol. The average molecular weight is 367 g/mol. The first-order valence-electron chi connectivity index (χ1n) is 8.97. The summed E-state index contributed by atoms with van der Waals surface area (Å²) in [6.07, 6.45) is 0.898. The molecule has 2 aromatic carbocycles. The maximum absolute atomic E-state index is 12.9. The number of carbonyl (C=O) groups excluding carboxylic acids is 1. The van der Waals surface area contributed by atoms with Gasteiger partial charge < -0.3 is 23.7 Å². The number of likely N-dealkylation sites (N-methyl/N-ethyl adjacent to an activating group) is 1. The van der Waals surface area contributed by atoms with E-state index in [-0.39, 0.29) is 25.6 Å². The molecule has 7 heteroatoms. The van der Waals surface area contributed by atoms with Crippen LogP contribution in [0, 0.1) is 0 Å². The summed E-state index contributed by atoms with van der Waals surface area (Å²) in [5.41, 5.74) is 3.11. The van der Waals surface area contributed by atoms with Crippen LogP contribution < -0.4 is 23.7 Å². The molecule has 0 spiro atoms. The van der Waals surface area contributed by atoms with Crippen molar-refractivity contribution in [1.29, 1.82) is 0 Å². The lowest BCUT2D eigenvalue weighted by Crippen LogP contribution is -2.37. The zero-order valence-corrected chi connectivity index (χ0v) is 14.7. The largest absolute Gasteiger partial charge is 0.454 e. The van der Waals surface area contributed by atoms with Crippen LogP contribution in [-0.2, 0) is 11.2 Å². The number of rotatable bonds is 1. The lowest BCUT2D eigenvalue weighted by Gasteiger charge is -2.37. The van der Waals surface area contributed by atoms with Gasteiger partial charge in [-0.05, 0) is 42.8 Å². The molecule has 4 aliphatic rings. The molecule has 0 saturated heterocycles. The van der Waals surface area contributed by atoms with E-state index in [4.69, 9.17) is 23.7 Å². The monoisotopic (exact) mass is 367 g/mol. The van der Waals surface area contributed by atoms with Crippen LogP contribution in [0.1, 0.15) is 28.7 Å². The van der Waals surface area contributed by atoms with Crippen LogP contribution in [0.5, 0.6) is 28.7 Å². The van der Waals surface area contributed by atoms with Gasteiger partial charge in [-0.1, -0.05) is 6.07 Å². The molecule has 27 heavy (non-hydrogen) atoms. The summed E-state index contributed by atoms with van der Waals surface area (Å²) in [6.45, 7) is 1.22. The van der Waals surface area contributed by atoms with E-state index in [9.17, 15) is 4.79 Å². The van der Waals surface area contributed by atoms with E-state index in [1.165, 1.54) is 5.56 Å². The molecule has 0 unspecified atom stereocenters. The number of fused-ring (bicyclic) bond motifs is 5. The first kappa shape index (κ1) is 15.2. The fraction of sp³-hybridized carbons (Fsp3) is 0.350. The lowest BCUT2D eigenvalue weighted by molar-refractivity contribution is -0.135. The quantitative estimate of drug-likeness (QED) is 0.566. The predicted octanol–water partition coefficient (Wildman–Crippen LogP) is 2.38. The zero-order chi connectivity index (χ0) is 18.1. The molecule has 0 saturated carbocycles. The van der Waals surface area contributed by atoms with Crippen molar-refractivity contribution in [2.75, 3.05) is 27.2 Å². The van der Waals surface area contributed by atoms with E-state index in [0.717, 1.165) is 35.6 Å². The van der Waals surface area contributed by atoms with Crippen LogP contribution in [0.25, 0.3) is 0 Å². The molecule has 0 N–H and O–H groups in total. The van der Waals surface area contributed by atoms with Crippen LogP contribution in [-0.4, -0.2) is 38.0 Å². The van der Waals surface area contributed by atoms with Gasteiger partial charge in [0.15, 0.2) is 23.0 Å². The Morgan fingerprint density at radius 3 is 2.59 bits per heavy atom. The number of hydrogen-bond acceptors (Lipinski definition) is 7. The number of ether oxygens (including phenoxy) is 5. The molecule has 2 aromatic rings. The Hall–Kier alpha value is -2.93. The summed E-state index contributed by atoms with van der Waals surface area (Å²) in [4.78, 5) is 15.1. The maximum Gasteiger partial charge on any atom is 0.321 e. The highest BCUT2D eigenvalue weighted by Gasteiger charge is 2.46. The molecule has 0 aromatic heterocycles. The van der Waals surface area contributed by atoms with Gasteiger partial charge in [0.25, 0.3) is 0 Å². The second-order valence-electron chi connectivity index (χ2n) is 7.20. The highest BCUT2D eigenvalue weighted by molar-refractivity contribution is 5.89. The van der Waals surface area contributed by atoms with E-state index >= 15 is 0 Å². The van der Waals surface area contributed by atoms with Crippen molar-refractivity contribution >= 4 is 5.97 Å². The molecule has 7 nitrogen and oxygen atoms in total. The molecular formula is C20H17NO6. The Labute approximate surface area is 155 Å². The fourth-order valence-electron chi connectivity index (χ4n) is 4.50. The second kappa shape index (κ2) is 5.29. The number of benzene rings is 2. The van der Waals surface area contributed by atoms with Crippen LogP contribution in [0.4, 0.5) is 0 Å². The summed E-state index contributed by atoms with van der Waals surface area (Å²) < 4.78 is 27.7. The first-order valence-corrected chi connectivity index (χ1v) is 8.97. The second-order valence-corrected chi connectivity index (χ2v) is 7.20. The number of carbonyl (C=O) groups is 1. The Morgan fingerprint density at radius 1 is 0.926 bits per heavy atom. The molecule has 2 atom stereocenters. The Bertz CT molecular complexity index is 987. The van der Waals surface area contributed by atoms with Gasteiger partial charge in [-0.25, -0.2) is 0 Å². The maximum atomic E-state index is 12.9. The van der Waals surface area contributed by atoms with Crippen molar-refractivity contribution in [3.8, 4) is 28.7 Å². The molecule has 4 aliphatic heterocycles. The third-order valence-corrected chi connectivity index (χ3v) is 5.79. The summed E-state index contributed by atoms with van der Waals surface area (Å²) >= 11 is 0. The Balaban J connectivity index is 1.50. The van der Waals surface area contributed by atoms with Gasteiger partial charge in [0.05, 0.1) is 6.04 Å². The van der Waals surface area contributed by atoms with Gasteiger partial charge in [-0.3, -0.25) is 9.69 Å². The standard InChI is InChI=1S/C20H17NO6/c1-21-5-4-10-6-14-15(25-8-24-14)7-12(10)17(21)16-11-2-3-13-19(26-9-23-13)18(11)27-20(16)22/h2-3,6-7,16-17H,4-5,8-9H2,1H3/t16-,17+/m1/s1. The number of hydrogen-bond donors (Lipinski definition) is 0. The van der Waals surface area contributed by atoms with Gasteiger partial charge in [-0.15, -0.1) is 0 Å². The van der Waals surface area contributed by atoms with Crippen molar-refractivity contribution in [3.05, 3.63) is 41.0 Å². The van der Waals surface area contributed by atoms with Crippen molar-refractivity contribution in [2.45, 2.75) is 18.4 Å². The smallest absolute Gasteiger partial charge is 0.321 e. The minimum Gasteiger partial charge on any atom is -0.454 e. The van der Waals surface area contributed by atoms with E-state index < -0.39 is 5.92 Å². The van der Waals surface area contributed by atoms with Crippen molar-refractivity contribution in [2.24, 2.45) is 0 Å². The van der Waals surface area contributed by atoms with E-state index in [0.29, 0.717) is 17.2 Å². The molecule has 0 bridgehead atoms. The van der Waals surface area contributed by atoms with Gasteiger partial charge in [-0.2, -0.15) is 0 Å². The molecule has 138 valence electrons. The van der Waals surface area contributed by atoms with Crippen molar-refractivity contribution in [1.82, 2.24) is 4.90 Å². The first-order chi connectivity index (χ1) is 13.2. The third-order valence-electron chi connectivity index (χ3n) is 5.79. The van der Waals surface area contributed by atoms with E-state index in [2.05, 4.69) is 4.90 Å². The third kappa shape index (κ3) is 2.03. The van der Waals surface area contributed by atoms with Crippen molar-refractivity contribution < 1.29 is 28.5 Å². The van der Waals surface area contributed by atoms with Gasteiger partial charge in [0.1, 0.15) is 5.92 Å². The van der Waals surface area contributed by atoms with Crippen molar-refractivity contribution in [3.63, 3.8) is 0 Å². The zero-order valence-electron chi connectivity index (χ0n) is 14.7. The highest BCUT2D eigenvalue weighted by Crippen LogP contribution is 2.54. The van der Waals surface area contributed by atoms with Crippen LogP contribution in [0.3, 0.4) is 0 Å². The number of nitrogens with zero attached hydrogens (tertiary/aromatic N) is 1. The molecule has 0 radical (unpaired) electrons. The minimum absolute atomic E-state index is 0.141. The van der Waals surface area contributed by atoms with Crippen LogP contribution >= 0.6 is 0 Å². The SMILES string of the molecule is CN1CCc2cc3c(cc2[C@H]1[C@@H]1C(=O)Oc2c1ccc1c2OCO1)OCO3. The predicted molar refractivity (Wildman–Crippen MR) is 92.6 cm³/mol. The molecule has 0 aliphatic carbocycles. The van der Waals surface area contributed by atoms with Gasteiger partial charge >= 0.3 is 5.97 Å². The summed E-state index contributed by atoms with van der Waals surface area (Å²) in [5.74, 6) is 2.42. The van der Waals surface area contributed by atoms with Crippen LogP contribution in [0.15, 0.2) is 24.3 Å². The lowest BCUT2D eigenvalue weighted by atomic mass is 9.81. The minimum atomic E-state index is -0.432. The average Bonchev–Trinajstić information content (AvgIpc) is 3.37. The molecule has 0 amide bonds. The summed E-state index contributed by atoms with van der Waals surface area (Å²) in [7, 11) is 2.04. The van der Waals surface area contributed by atoms with E-state index in [1.54, 1.807) is 0 Å². The topological polar surface area (TPSA) is 66.5 Å². The summed E-state index contributed by atoms with van der Waals surface area (Å²) in [5, 5.41) is 0. The van der Waals surface area contributed by atoms with Crippen LogP contribution in [0.2, 0.25) is 0 Å². The molecule has 4 heterocycles. The Morgan fingerprint density at radius 2 is 1.70 bits per heavy atom.